The van der Waals surface area contributed by atoms with Gasteiger partial charge in [0.2, 0.25) is 0 Å². The number of benzene rings is 1. The first-order chi connectivity index (χ1) is 14.4. The van der Waals surface area contributed by atoms with Gasteiger partial charge in [-0.3, -0.25) is 18.8 Å². The molecule has 8 heteroatoms. The van der Waals surface area contributed by atoms with Gasteiger partial charge in [0.05, 0.1) is 5.69 Å². The number of hydrogen-bond acceptors (Lipinski definition) is 6. The molecule has 1 fully saturated rings. The Kier molecular flexibility index (Phi) is 4.41. The number of phenolic OH excluding ortho intramolecular Hbond substituents is 1. The topological polar surface area (TPSA) is 82.7 Å². The van der Waals surface area contributed by atoms with E-state index in [1.807, 2.05) is 0 Å². The smallest absolute Gasteiger partial charge is 0.332 e. The van der Waals surface area contributed by atoms with Crippen LogP contribution in [-0.2, 0) is 14.1 Å². The molecule has 1 aliphatic rings. The molecule has 1 saturated heterocycles. The molecule has 1 aromatic heterocycles. The quantitative estimate of drug-likeness (QED) is 0.710. The molecule has 0 amide bonds. The maximum Gasteiger partial charge on any atom is 0.332 e. The third-order valence-electron chi connectivity index (χ3n) is 4.52. The van der Waals surface area contributed by atoms with Crippen LogP contribution < -0.4 is 21.5 Å². The summed E-state index contributed by atoms with van der Waals surface area (Å²) in [7, 11) is 2.94. The molecule has 1 aromatic carbocycles. The number of nitrogens with zero attached hydrogens (tertiary/aromatic N) is 4. The van der Waals surface area contributed by atoms with Crippen molar-refractivity contribution in [3.8, 4) is 5.75 Å². The van der Waals surface area contributed by atoms with Crippen molar-refractivity contribution in [1.82, 2.24) is 14.0 Å². The first-order valence-corrected chi connectivity index (χ1v) is 8.76. The van der Waals surface area contributed by atoms with Crippen LogP contribution in [0.25, 0.3) is 0 Å². The Morgan fingerprint density at radius 2 is 1.85 bits per heavy atom. The molecule has 0 bridgehead atoms. The third-order valence-corrected chi connectivity index (χ3v) is 4.52. The monoisotopic (exact) mass is 377 g/mol. The average molecular weight is 377 g/mol. The second-order valence-electron chi connectivity index (χ2n) is 6.36. The number of hydrogen-bond donors (Lipinski definition) is 2. The fourth-order valence-electron chi connectivity index (χ4n) is 2.87. The molecule has 2 N–H and O–H groups in total. The summed E-state index contributed by atoms with van der Waals surface area (Å²) in [5, 5.41) is 13.1. The summed E-state index contributed by atoms with van der Waals surface area (Å²) in [6.45, 7) is -3.69. The zero-order valence-electron chi connectivity index (χ0n) is 19.5. The molecule has 8 nitrogen and oxygen atoms in total. The van der Waals surface area contributed by atoms with Crippen LogP contribution in [-0.4, -0.2) is 58.3 Å². The molecule has 146 valence electrons. The van der Waals surface area contributed by atoms with Crippen LogP contribution >= 0.6 is 0 Å². The minimum atomic E-state index is -1.97. The minimum absolute atomic E-state index is 0.0219. The van der Waals surface area contributed by atoms with Crippen molar-refractivity contribution in [3.63, 3.8) is 0 Å². The Morgan fingerprint density at radius 1 is 1.15 bits per heavy atom. The molecule has 0 atom stereocenters. The molecular weight excluding hydrogens is 346 g/mol. The van der Waals surface area contributed by atoms with Crippen molar-refractivity contribution in [2.45, 2.75) is 6.42 Å². The highest BCUT2D eigenvalue weighted by molar-refractivity contribution is 5.57. The van der Waals surface area contributed by atoms with Gasteiger partial charge < -0.3 is 15.3 Å². The van der Waals surface area contributed by atoms with E-state index in [0.29, 0.717) is 24.5 Å². The number of phenols is 1. The van der Waals surface area contributed by atoms with Gasteiger partial charge in [0, 0.05) is 58.3 Å². The van der Waals surface area contributed by atoms with E-state index >= 15 is 0 Å². The fourth-order valence-corrected chi connectivity index (χ4v) is 2.87. The van der Waals surface area contributed by atoms with Gasteiger partial charge in [-0.25, -0.2) is 4.79 Å². The van der Waals surface area contributed by atoms with Gasteiger partial charge >= 0.3 is 5.69 Å². The molecule has 3 rings (SSSR count). The van der Waals surface area contributed by atoms with Gasteiger partial charge in [-0.15, -0.1) is 0 Å². The second kappa shape index (κ2) is 8.30. The second-order valence-corrected chi connectivity index (χ2v) is 6.36. The van der Waals surface area contributed by atoms with Crippen molar-refractivity contribution in [2.24, 2.45) is 14.1 Å². The van der Waals surface area contributed by atoms with Crippen LogP contribution in [0.3, 0.4) is 0 Å². The van der Waals surface area contributed by atoms with E-state index in [1.165, 1.54) is 33.5 Å². The highest BCUT2D eigenvalue weighted by Gasteiger charge is 2.18. The van der Waals surface area contributed by atoms with Gasteiger partial charge in [0.15, 0.2) is 0 Å². The normalized spacial score (nSPS) is 21.0. The summed E-state index contributed by atoms with van der Waals surface area (Å²) in [6.07, 6.45) is 0.388. The molecule has 2 heterocycles. The largest absolute Gasteiger partial charge is 0.506 e. The lowest BCUT2D eigenvalue weighted by Gasteiger charge is -2.36. The van der Waals surface area contributed by atoms with Crippen LogP contribution in [0.2, 0.25) is 0 Å². The zero-order chi connectivity index (χ0) is 23.0. The van der Waals surface area contributed by atoms with Crippen molar-refractivity contribution in [1.29, 1.82) is 0 Å². The first-order valence-electron chi connectivity index (χ1n) is 10.8. The van der Waals surface area contributed by atoms with Crippen molar-refractivity contribution in [2.75, 3.05) is 49.4 Å². The van der Waals surface area contributed by atoms with Crippen molar-refractivity contribution >= 4 is 11.5 Å². The van der Waals surface area contributed by atoms with Crippen LogP contribution in [0.1, 0.15) is 11.9 Å². The Labute approximate surface area is 163 Å². The summed E-state index contributed by atoms with van der Waals surface area (Å²) in [5.41, 5.74) is -0.496. The van der Waals surface area contributed by atoms with Crippen molar-refractivity contribution in [3.05, 3.63) is 51.2 Å². The Bertz CT molecular complexity index is 1050. The van der Waals surface area contributed by atoms with Gasteiger partial charge in [-0.1, -0.05) is 12.1 Å². The highest BCUT2D eigenvalue weighted by atomic mass is 16.3. The lowest BCUT2D eigenvalue weighted by Crippen LogP contribution is -2.46. The molecular formula is C19H27N5O3. The molecule has 0 spiro atoms. The lowest BCUT2D eigenvalue weighted by atomic mass is 10.2. The Morgan fingerprint density at radius 3 is 2.56 bits per heavy atom. The van der Waals surface area contributed by atoms with Gasteiger partial charge in [0.25, 0.3) is 5.56 Å². The number of anilines is 2. The minimum Gasteiger partial charge on any atom is -0.506 e. The number of aromatic nitrogens is 2. The molecule has 0 saturated carbocycles. The number of nitrogens with one attached hydrogen (secondary N) is 1. The fraction of sp³-hybridized carbons (Fsp3) is 0.474. The Hall–Kier alpha value is -2.74. The summed E-state index contributed by atoms with van der Waals surface area (Å²) < 4.78 is 36.0. The Balaban J connectivity index is 1.67. The van der Waals surface area contributed by atoms with Crippen LogP contribution in [0.4, 0.5) is 11.5 Å². The maximum absolute atomic E-state index is 12.0. The molecule has 1 aliphatic heterocycles. The van der Waals surface area contributed by atoms with E-state index in [9.17, 15) is 14.7 Å². The molecule has 0 aliphatic carbocycles. The summed E-state index contributed by atoms with van der Waals surface area (Å²) in [5.74, 6) is 0.329. The number of para-hydroxylation sites is 2. The number of aromatic hydroxyl groups is 1. The summed E-state index contributed by atoms with van der Waals surface area (Å²) in [4.78, 5) is 26.5. The molecule has 0 unspecified atom stereocenters. The van der Waals surface area contributed by atoms with Crippen LogP contribution in [0, 0.1) is 0 Å². The van der Waals surface area contributed by atoms with Crippen molar-refractivity contribution < 1.29 is 10.6 Å². The molecule has 27 heavy (non-hydrogen) atoms. The van der Waals surface area contributed by atoms with E-state index in [2.05, 4.69) is 5.32 Å². The third kappa shape index (κ3) is 4.33. The van der Waals surface area contributed by atoms with E-state index in [1.54, 1.807) is 25.2 Å². The maximum atomic E-state index is 12.0. The highest BCUT2D eigenvalue weighted by Crippen LogP contribution is 2.27. The van der Waals surface area contributed by atoms with E-state index < -0.39 is 24.2 Å². The predicted octanol–water partition coefficient (Wildman–Crippen LogP) is 0.414. The molecule has 2 aromatic rings. The first kappa shape index (κ1) is 14.3. The van der Waals surface area contributed by atoms with Crippen LogP contribution in [0.15, 0.2) is 39.9 Å². The van der Waals surface area contributed by atoms with E-state index in [4.69, 9.17) is 5.48 Å². The molecule has 0 radical (unpaired) electrons. The standard InChI is InChI=1S/C19H27N5O3/c1-21-17(14-18(26)22(2)19(21)27)20-8-5-9-23-10-12-24(13-11-23)15-6-3-4-7-16(15)25/h3-4,6-7,14,20,25H,5,8-13H2,1-2H3/i10D2,11D2. The summed E-state index contributed by atoms with van der Waals surface area (Å²) >= 11 is 0. The lowest BCUT2D eigenvalue weighted by molar-refractivity contribution is 0.256. The summed E-state index contributed by atoms with van der Waals surface area (Å²) in [6, 6.07) is 7.80. The average Bonchev–Trinajstić information content (AvgIpc) is 2.68. The predicted molar refractivity (Wildman–Crippen MR) is 107 cm³/mol. The van der Waals surface area contributed by atoms with E-state index in [0.717, 1.165) is 4.57 Å². The van der Waals surface area contributed by atoms with Gasteiger partial charge in [-0.05, 0) is 25.1 Å². The SMILES string of the molecule is [2H]C1([2H])CN(c2ccccc2O)CC([2H])([2H])N1CCCNc1cc(=O)n(C)c(=O)n1C. The van der Waals surface area contributed by atoms with Gasteiger partial charge in [0.1, 0.15) is 11.6 Å². The number of rotatable bonds is 6. The number of piperazine rings is 1. The van der Waals surface area contributed by atoms with Gasteiger partial charge in [-0.2, -0.15) is 0 Å². The van der Waals surface area contributed by atoms with E-state index in [-0.39, 0.29) is 25.4 Å². The zero-order valence-corrected chi connectivity index (χ0v) is 15.5. The van der Waals surface area contributed by atoms with Crippen LogP contribution in [0.5, 0.6) is 5.75 Å².